The minimum Gasteiger partial charge on any atom is -0.302 e. The van der Waals surface area contributed by atoms with Gasteiger partial charge in [-0.2, -0.15) is 4.31 Å². The molecule has 0 bridgehead atoms. The molecule has 2 heterocycles. The van der Waals surface area contributed by atoms with Gasteiger partial charge in [0.1, 0.15) is 16.5 Å². The maximum absolute atomic E-state index is 14.0. The third-order valence-corrected chi connectivity index (χ3v) is 8.79. The van der Waals surface area contributed by atoms with Crippen molar-refractivity contribution in [2.45, 2.75) is 22.6 Å². The molecule has 31 heavy (non-hydrogen) atoms. The summed E-state index contributed by atoms with van der Waals surface area (Å²) in [5.74, 6) is -2.44. The van der Waals surface area contributed by atoms with Crippen LogP contribution in [-0.4, -0.2) is 43.0 Å². The van der Waals surface area contributed by atoms with Gasteiger partial charge in [-0.15, -0.1) is 11.8 Å². The summed E-state index contributed by atoms with van der Waals surface area (Å²) in [5, 5.41) is 3.33. The van der Waals surface area contributed by atoms with Gasteiger partial charge in [-0.05, 0) is 49.4 Å². The first kappa shape index (κ1) is 22.1. The molecular formula is C20H19F2N3O3S3. The number of rotatable bonds is 5. The first-order valence-corrected chi connectivity index (χ1v) is 13.0. The van der Waals surface area contributed by atoms with E-state index in [1.54, 1.807) is 11.8 Å². The number of nitrogens with zero attached hydrogens (tertiary/aromatic N) is 2. The van der Waals surface area contributed by atoms with Crippen LogP contribution in [0, 0.1) is 17.6 Å². The Morgan fingerprint density at radius 1 is 1.23 bits per heavy atom. The van der Waals surface area contributed by atoms with Crippen LogP contribution < -0.4 is 5.32 Å². The lowest BCUT2D eigenvalue weighted by atomic mass is 9.97. The lowest BCUT2D eigenvalue weighted by Gasteiger charge is -2.30. The van der Waals surface area contributed by atoms with Gasteiger partial charge >= 0.3 is 0 Å². The Hall–Kier alpha value is -2.08. The Morgan fingerprint density at radius 3 is 2.68 bits per heavy atom. The minimum atomic E-state index is -4.17. The van der Waals surface area contributed by atoms with E-state index in [1.807, 2.05) is 24.5 Å². The number of piperidine rings is 1. The SMILES string of the molecule is CSc1cccc2sc(NC(=O)C3CCN(S(=O)(=O)c4cc(F)ccc4F)CC3)nc12. The van der Waals surface area contributed by atoms with Crippen molar-refractivity contribution in [3.63, 3.8) is 0 Å². The van der Waals surface area contributed by atoms with Crippen molar-refractivity contribution in [3.8, 4) is 0 Å². The van der Waals surface area contributed by atoms with Crippen molar-refractivity contribution >= 4 is 54.4 Å². The Labute approximate surface area is 186 Å². The second kappa shape index (κ2) is 8.81. The average molecular weight is 484 g/mol. The molecule has 1 fully saturated rings. The number of halogens is 2. The van der Waals surface area contributed by atoms with Crippen molar-refractivity contribution < 1.29 is 22.0 Å². The van der Waals surface area contributed by atoms with E-state index in [0.29, 0.717) is 11.2 Å². The van der Waals surface area contributed by atoms with Crippen molar-refractivity contribution in [3.05, 3.63) is 48.0 Å². The fourth-order valence-electron chi connectivity index (χ4n) is 3.52. The van der Waals surface area contributed by atoms with Crippen molar-refractivity contribution in [2.75, 3.05) is 24.7 Å². The molecule has 0 saturated carbocycles. The molecule has 0 unspecified atom stereocenters. The lowest BCUT2D eigenvalue weighted by Crippen LogP contribution is -2.41. The second-order valence-electron chi connectivity index (χ2n) is 7.07. The molecule has 4 rings (SSSR count). The van der Waals surface area contributed by atoms with Gasteiger partial charge in [-0.3, -0.25) is 4.79 Å². The Morgan fingerprint density at radius 2 is 1.97 bits per heavy atom. The highest BCUT2D eigenvalue weighted by atomic mass is 32.2. The molecule has 1 aromatic heterocycles. The summed E-state index contributed by atoms with van der Waals surface area (Å²) >= 11 is 2.96. The predicted octanol–water partition coefficient (Wildman–Crippen LogP) is 4.34. The maximum atomic E-state index is 14.0. The number of thiazole rings is 1. The van der Waals surface area contributed by atoms with Gasteiger partial charge < -0.3 is 5.32 Å². The van der Waals surface area contributed by atoms with Crippen LogP contribution in [0.15, 0.2) is 46.2 Å². The number of thioether (sulfide) groups is 1. The number of para-hydroxylation sites is 1. The predicted molar refractivity (Wildman–Crippen MR) is 118 cm³/mol. The van der Waals surface area contributed by atoms with E-state index in [4.69, 9.17) is 0 Å². The van der Waals surface area contributed by atoms with E-state index in [-0.39, 0.29) is 31.8 Å². The summed E-state index contributed by atoms with van der Waals surface area (Å²) in [4.78, 5) is 17.5. The number of hydrogen-bond acceptors (Lipinski definition) is 6. The lowest BCUT2D eigenvalue weighted by molar-refractivity contribution is -0.120. The smallest absolute Gasteiger partial charge is 0.246 e. The number of carbonyl (C=O) groups excluding carboxylic acids is 1. The number of nitrogens with one attached hydrogen (secondary N) is 1. The molecule has 164 valence electrons. The molecule has 11 heteroatoms. The van der Waals surface area contributed by atoms with E-state index in [9.17, 15) is 22.0 Å². The Kier molecular flexibility index (Phi) is 6.29. The van der Waals surface area contributed by atoms with Crippen LogP contribution in [0.1, 0.15) is 12.8 Å². The van der Waals surface area contributed by atoms with Gasteiger partial charge in [0.15, 0.2) is 5.13 Å². The summed E-state index contributed by atoms with van der Waals surface area (Å²) in [5.41, 5.74) is 0.841. The normalized spacial score (nSPS) is 16.0. The maximum Gasteiger partial charge on any atom is 0.246 e. The summed E-state index contributed by atoms with van der Waals surface area (Å²) in [6.45, 7) is 0.0969. The standard InChI is InChI=1S/C20H19F2N3O3S3/c1-29-15-3-2-4-16-18(15)23-20(30-16)24-19(26)12-7-9-25(10-8-12)31(27,28)17-11-13(21)5-6-14(17)22/h2-6,11-12H,7-10H2,1H3,(H,23,24,26). The second-order valence-corrected chi connectivity index (χ2v) is 10.9. The number of benzene rings is 2. The zero-order chi connectivity index (χ0) is 22.2. The van der Waals surface area contributed by atoms with Crippen LogP contribution in [0.3, 0.4) is 0 Å². The zero-order valence-corrected chi connectivity index (χ0v) is 18.9. The largest absolute Gasteiger partial charge is 0.302 e. The molecule has 1 aliphatic heterocycles. The van der Waals surface area contributed by atoms with E-state index in [1.165, 1.54) is 11.3 Å². The van der Waals surface area contributed by atoms with Gasteiger partial charge in [0.25, 0.3) is 0 Å². The van der Waals surface area contributed by atoms with Gasteiger partial charge in [-0.1, -0.05) is 17.4 Å². The number of hydrogen-bond donors (Lipinski definition) is 1. The molecule has 0 aliphatic carbocycles. The van der Waals surface area contributed by atoms with Crippen LogP contribution in [0.2, 0.25) is 0 Å². The van der Waals surface area contributed by atoms with Gasteiger partial charge in [0.05, 0.1) is 10.2 Å². The zero-order valence-electron chi connectivity index (χ0n) is 16.5. The molecule has 1 N–H and O–H groups in total. The fourth-order valence-corrected chi connectivity index (χ4v) is 6.59. The number of sulfonamides is 1. The Balaban J connectivity index is 1.43. The molecule has 1 saturated heterocycles. The number of aromatic nitrogens is 1. The fraction of sp³-hybridized carbons (Fsp3) is 0.300. The van der Waals surface area contributed by atoms with Gasteiger partial charge in [0, 0.05) is 23.9 Å². The summed E-state index contributed by atoms with van der Waals surface area (Å²) in [7, 11) is -4.17. The number of amides is 1. The first-order valence-electron chi connectivity index (χ1n) is 9.49. The minimum absolute atomic E-state index is 0.0485. The molecule has 1 aliphatic rings. The molecule has 6 nitrogen and oxygen atoms in total. The van der Waals surface area contributed by atoms with Crippen molar-refractivity contribution in [1.29, 1.82) is 0 Å². The number of anilines is 1. The van der Waals surface area contributed by atoms with Gasteiger partial charge in [0.2, 0.25) is 15.9 Å². The summed E-state index contributed by atoms with van der Waals surface area (Å²) in [6, 6.07) is 8.19. The molecular weight excluding hydrogens is 464 g/mol. The molecule has 2 aromatic carbocycles. The summed E-state index contributed by atoms with van der Waals surface area (Å²) < 4.78 is 54.9. The first-order chi connectivity index (χ1) is 14.8. The molecule has 0 radical (unpaired) electrons. The highest BCUT2D eigenvalue weighted by molar-refractivity contribution is 7.98. The van der Waals surface area contributed by atoms with E-state index >= 15 is 0 Å². The van der Waals surface area contributed by atoms with Gasteiger partial charge in [-0.25, -0.2) is 22.2 Å². The van der Waals surface area contributed by atoms with E-state index in [0.717, 1.165) is 31.6 Å². The average Bonchev–Trinajstić information content (AvgIpc) is 3.17. The highest BCUT2D eigenvalue weighted by Crippen LogP contribution is 2.33. The topological polar surface area (TPSA) is 79.4 Å². The van der Waals surface area contributed by atoms with Crippen LogP contribution in [0.4, 0.5) is 13.9 Å². The molecule has 0 atom stereocenters. The molecule has 3 aromatic rings. The number of fused-ring (bicyclic) bond motifs is 1. The van der Waals surface area contributed by atoms with Crippen molar-refractivity contribution in [1.82, 2.24) is 9.29 Å². The van der Waals surface area contributed by atoms with Crippen LogP contribution in [0.5, 0.6) is 0 Å². The van der Waals surface area contributed by atoms with Crippen LogP contribution >= 0.6 is 23.1 Å². The van der Waals surface area contributed by atoms with Crippen LogP contribution in [0.25, 0.3) is 10.2 Å². The Bertz CT molecular complexity index is 1240. The molecule has 1 amide bonds. The quantitative estimate of drug-likeness (QED) is 0.547. The van der Waals surface area contributed by atoms with Crippen LogP contribution in [-0.2, 0) is 14.8 Å². The monoisotopic (exact) mass is 483 g/mol. The molecule has 0 spiro atoms. The van der Waals surface area contributed by atoms with E-state index < -0.39 is 32.5 Å². The summed E-state index contributed by atoms with van der Waals surface area (Å²) in [6.07, 6.45) is 2.52. The third-order valence-electron chi connectivity index (χ3n) is 5.17. The van der Waals surface area contributed by atoms with Crippen molar-refractivity contribution in [2.24, 2.45) is 5.92 Å². The van der Waals surface area contributed by atoms with E-state index in [2.05, 4.69) is 10.3 Å². The third kappa shape index (κ3) is 4.45. The number of carbonyl (C=O) groups is 1. The highest BCUT2D eigenvalue weighted by Gasteiger charge is 2.34.